The van der Waals surface area contributed by atoms with Gasteiger partial charge in [0.1, 0.15) is 5.75 Å². The molecule has 2 heterocycles. The number of hydrogen-bond donors (Lipinski definition) is 1. The van der Waals surface area contributed by atoms with Crippen molar-refractivity contribution < 1.29 is 14.4 Å². The lowest BCUT2D eigenvalue weighted by atomic mass is 9.97. The van der Waals surface area contributed by atoms with Crippen molar-refractivity contribution in [1.29, 1.82) is 0 Å². The van der Waals surface area contributed by atoms with E-state index < -0.39 is 0 Å². The highest BCUT2D eigenvalue weighted by atomic mass is 16.5. The molecule has 0 saturated heterocycles. The number of phenolic OH excluding ortho intramolecular Hbond substituents is 1. The summed E-state index contributed by atoms with van der Waals surface area (Å²) in [6.45, 7) is 5.17. The summed E-state index contributed by atoms with van der Waals surface area (Å²) in [6.07, 6.45) is 1.46. The van der Waals surface area contributed by atoms with Crippen LogP contribution in [0.15, 0.2) is 41.1 Å². The number of phenols is 1. The molecule has 1 aliphatic heterocycles. The van der Waals surface area contributed by atoms with Crippen LogP contribution in [0.5, 0.6) is 5.75 Å². The second-order valence-electron chi connectivity index (χ2n) is 6.52. The van der Waals surface area contributed by atoms with Crippen molar-refractivity contribution in [2.45, 2.75) is 32.9 Å². The summed E-state index contributed by atoms with van der Waals surface area (Å²) in [6, 6.07) is 9.75. The molecule has 0 unspecified atom stereocenters. The first-order valence-electron chi connectivity index (χ1n) is 8.02. The van der Waals surface area contributed by atoms with Crippen molar-refractivity contribution in [2.24, 2.45) is 0 Å². The molecule has 0 saturated carbocycles. The van der Waals surface area contributed by atoms with Crippen LogP contribution in [0, 0.1) is 0 Å². The lowest BCUT2D eigenvalue weighted by molar-refractivity contribution is 0.0748. The van der Waals surface area contributed by atoms with Crippen LogP contribution in [0.25, 0.3) is 11.0 Å². The molecule has 0 bridgehead atoms. The van der Waals surface area contributed by atoms with Gasteiger partial charge in [-0.3, -0.25) is 4.79 Å². The highest BCUT2D eigenvalue weighted by Gasteiger charge is 2.28. The average molecular weight is 322 g/mol. The zero-order valence-corrected chi connectivity index (χ0v) is 13.6. The van der Waals surface area contributed by atoms with Gasteiger partial charge in [-0.25, -0.2) is 0 Å². The number of rotatable bonds is 2. The normalized spacial score (nSPS) is 13.7. The Bertz CT molecular complexity index is 918. The third kappa shape index (κ3) is 2.16. The molecule has 0 fully saturated rings. The minimum Gasteiger partial charge on any atom is -0.506 e. The lowest BCUT2D eigenvalue weighted by Crippen LogP contribution is -2.25. The fraction of sp³-hybridized carbons (Fsp3) is 0.263. The molecule has 1 aromatic heterocycles. The smallest absolute Gasteiger partial charge is 0.258 e. The highest BCUT2D eigenvalue weighted by molar-refractivity contribution is 6.03. The van der Waals surface area contributed by atoms with Crippen molar-refractivity contribution in [3.8, 4) is 5.75 Å². The molecule has 0 radical (unpaired) electrons. The molecule has 0 aliphatic carbocycles. The van der Waals surface area contributed by atoms with Crippen LogP contribution in [0.4, 0.5) is 0 Å². The minimum absolute atomic E-state index is 0.0587. The van der Waals surface area contributed by atoms with Gasteiger partial charge in [0.25, 0.3) is 5.91 Å². The molecule has 1 aliphatic rings. The Morgan fingerprint density at radius 1 is 1.25 bits per heavy atom. The molecule has 24 heavy (non-hydrogen) atoms. The molecular formula is C19H18N2O3. The second-order valence-corrected chi connectivity index (χ2v) is 6.52. The largest absolute Gasteiger partial charge is 0.506 e. The van der Waals surface area contributed by atoms with Crippen molar-refractivity contribution in [2.75, 3.05) is 0 Å². The number of aromatic nitrogens is 1. The van der Waals surface area contributed by atoms with Crippen LogP contribution in [0.2, 0.25) is 0 Å². The molecular weight excluding hydrogens is 304 g/mol. The maximum atomic E-state index is 13.0. The second kappa shape index (κ2) is 5.37. The van der Waals surface area contributed by atoms with E-state index in [1.165, 1.54) is 6.20 Å². The van der Waals surface area contributed by atoms with Gasteiger partial charge >= 0.3 is 0 Å². The molecule has 1 N–H and O–H groups in total. The Kier molecular flexibility index (Phi) is 3.30. The van der Waals surface area contributed by atoms with Crippen LogP contribution < -0.4 is 0 Å². The number of fused-ring (bicyclic) bond motifs is 2. The highest BCUT2D eigenvalue weighted by Crippen LogP contribution is 2.36. The Morgan fingerprint density at radius 2 is 1.92 bits per heavy atom. The summed E-state index contributed by atoms with van der Waals surface area (Å²) in [7, 11) is 0. The van der Waals surface area contributed by atoms with E-state index in [4.69, 9.17) is 4.52 Å². The first-order valence-corrected chi connectivity index (χ1v) is 8.02. The molecule has 1 amide bonds. The SMILES string of the molecule is CC(C)c1cc(C(=O)N2Cc3ccccc3C2)c(O)c2cnoc12. The average Bonchev–Trinajstić information content (AvgIpc) is 3.21. The maximum Gasteiger partial charge on any atom is 0.258 e. The first-order chi connectivity index (χ1) is 11.6. The van der Waals surface area contributed by atoms with Gasteiger partial charge in [0, 0.05) is 18.7 Å². The van der Waals surface area contributed by atoms with E-state index >= 15 is 0 Å². The zero-order valence-electron chi connectivity index (χ0n) is 13.6. The summed E-state index contributed by atoms with van der Waals surface area (Å²) >= 11 is 0. The zero-order chi connectivity index (χ0) is 16.8. The van der Waals surface area contributed by atoms with E-state index in [-0.39, 0.29) is 17.6 Å². The number of hydrogen-bond acceptors (Lipinski definition) is 4. The standard InChI is InChI=1S/C19H18N2O3/c1-11(2)14-7-15(17(22)16-8-20-24-18(14)16)19(23)21-9-12-5-3-4-6-13(12)10-21/h3-8,11,22H,9-10H2,1-2H3. The van der Waals surface area contributed by atoms with Gasteiger partial charge in [0.15, 0.2) is 5.58 Å². The molecule has 0 atom stereocenters. The van der Waals surface area contributed by atoms with Crippen LogP contribution in [-0.4, -0.2) is 21.1 Å². The number of aromatic hydroxyl groups is 1. The molecule has 122 valence electrons. The van der Waals surface area contributed by atoms with E-state index in [9.17, 15) is 9.90 Å². The summed E-state index contributed by atoms with van der Waals surface area (Å²) < 4.78 is 5.27. The van der Waals surface area contributed by atoms with Gasteiger partial charge in [-0.2, -0.15) is 0 Å². The van der Waals surface area contributed by atoms with E-state index in [0.29, 0.717) is 29.6 Å². The molecule has 3 aromatic rings. The molecule has 5 heteroatoms. The first kappa shape index (κ1) is 14.8. The lowest BCUT2D eigenvalue weighted by Gasteiger charge is -2.18. The Balaban J connectivity index is 1.77. The third-order valence-corrected chi connectivity index (χ3v) is 4.62. The number of benzene rings is 2. The number of nitrogens with zero attached hydrogens (tertiary/aromatic N) is 2. The molecule has 4 rings (SSSR count). The van der Waals surface area contributed by atoms with Gasteiger partial charge in [0.05, 0.1) is 17.1 Å². The summed E-state index contributed by atoms with van der Waals surface area (Å²) in [4.78, 5) is 14.7. The van der Waals surface area contributed by atoms with Gasteiger partial charge in [-0.05, 0) is 23.1 Å². The summed E-state index contributed by atoms with van der Waals surface area (Å²) in [5.74, 6) is -0.0753. The number of carbonyl (C=O) groups excluding carboxylic acids is 1. The van der Waals surface area contributed by atoms with E-state index in [0.717, 1.165) is 16.7 Å². The Morgan fingerprint density at radius 3 is 2.54 bits per heavy atom. The van der Waals surface area contributed by atoms with Crippen LogP contribution in [0.1, 0.15) is 46.8 Å². The van der Waals surface area contributed by atoms with Crippen LogP contribution >= 0.6 is 0 Å². The topological polar surface area (TPSA) is 66.6 Å². The van der Waals surface area contributed by atoms with Crippen molar-refractivity contribution in [1.82, 2.24) is 10.1 Å². The minimum atomic E-state index is -0.172. The summed E-state index contributed by atoms with van der Waals surface area (Å²) in [5.41, 5.74) is 4.03. The molecule has 2 aromatic carbocycles. The van der Waals surface area contributed by atoms with Crippen molar-refractivity contribution >= 4 is 16.9 Å². The van der Waals surface area contributed by atoms with E-state index in [1.807, 2.05) is 38.1 Å². The maximum absolute atomic E-state index is 13.0. The Labute approximate surface area is 139 Å². The molecule has 0 spiro atoms. The van der Waals surface area contributed by atoms with Gasteiger partial charge < -0.3 is 14.5 Å². The van der Waals surface area contributed by atoms with Gasteiger partial charge in [-0.15, -0.1) is 0 Å². The predicted molar refractivity (Wildman–Crippen MR) is 89.8 cm³/mol. The van der Waals surface area contributed by atoms with Gasteiger partial charge in [-0.1, -0.05) is 43.3 Å². The fourth-order valence-corrected chi connectivity index (χ4v) is 3.29. The van der Waals surface area contributed by atoms with E-state index in [1.54, 1.807) is 11.0 Å². The monoisotopic (exact) mass is 322 g/mol. The van der Waals surface area contributed by atoms with Crippen LogP contribution in [-0.2, 0) is 13.1 Å². The van der Waals surface area contributed by atoms with Crippen molar-refractivity contribution in [3.63, 3.8) is 0 Å². The van der Waals surface area contributed by atoms with E-state index in [2.05, 4.69) is 5.16 Å². The number of carbonyl (C=O) groups is 1. The van der Waals surface area contributed by atoms with Gasteiger partial charge in [0.2, 0.25) is 0 Å². The molecule has 5 nitrogen and oxygen atoms in total. The van der Waals surface area contributed by atoms with Crippen molar-refractivity contribution in [3.05, 3.63) is 58.8 Å². The predicted octanol–water partition coefficient (Wildman–Crippen LogP) is 3.81. The fourth-order valence-electron chi connectivity index (χ4n) is 3.29. The quantitative estimate of drug-likeness (QED) is 0.779. The Hall–Kier alpha value is -2.82. The summed E-state index contributed by atoms with van der Waals surface area (Å²) in [5, 5.41) is 14.8. The third-order valence-electron chi connectivity index (χ3n) is 4.62. The van der Waals surface area contributed by atoms with Crippen LogP contribution in [0.3, 0.4) is 0 Å². The number of amides is 1.